The zero-order chi connectivity index (χ0) is 11.3. The van der Waals surface area contributed by atoms with E-state index in [9.17, 15) is 0 Å². The average Bonchev–Trinajstić information content (AvgIpc) is 2.99. The quantitative estimate of drug-likeness (QED) is 0.754. The lowest BCUT2D eigenvalue weighted by molar-refractivity contribution is -0.0389. The lowest BCUT2D eigenvalue weighted by Gasteiger charge is -2.30. The molecule has 1 heterocycles. The molecule has 17 heavy (non-hydrogen) atoms. The predicted octanol–water partition coefficient (Wildman–Crippen LogP) is 3.32. The lowest BCUT2D eigenvalue weighted by Crippen LogP contribution is -2.29. The van der Waals surface area contributed by atoms with Crippen molar-refractivity contribution in [3.05, 3.63) is 35.4 Å². The second kappa shape index (κ2) is 3.58. The molecule has 1 aromatic rings. The number of hydrogen-bond acceptors (Lipinski definition) is 1. The summed E-state index contributed by atoms with van der Waals surface area (Å²) in [6, 6.07) is 9.17. The second-order valence-electron chi connectivity index (χ2n) is 6.21. The Hall–Kier alpha value is -0.820. The third kappa shape index (κ3) is 1.48. The number of fused-ring (bicyclic) bond motifs is 2. The first-order valence-corrected chi connectivity index (χ1v) is 7.05. The highest BCUT2D eigenvalue weighted by molar-refractivity contribution is 5.42. The SMILES string of the molecule is c1ccc2c(c1)CCCC21CC1CC1COC1. The Morgan fingerprint density at radius 1 is 1.24 bits per heavy atom. The number of aryl methyl sites for hydroxylation is 1. The van der Waals surface area contributed by atoms with Gasteiger partial charge in [0.1, 0.15) is 0 Å². The van der Waals surface area contributed by atoms with E-state index < -0.39 is 0 Å². The van der Waals surface area contributed by atoms with Crippen LogP contribution in [0, 0.1) is 11.8 Å². The zero-order valence-corrected chi connectivity index (χ0v) is 10.3. The van der Waals surface area contributed by atoms with E-state index in [2.05, 4.69) is 24.3 Å². The van der Waals surface area contributed by atoms with Gasteiger partial charge in [0.25, 0.3) is 0 Å². The fourth-order valence-corrected chi connectivity index (χ4v) is 4.10. The largest absolute Gasteiger partial charge is 0.381 e. The fraction of sp³-hybridized carbons (Fsp3) is 0.625. The maximum absolute atomic E-state index is 5.31. The molecule has 0 amide bonds. The minimum absolute atomic E-state index is 0.588. The number of hydrogen-bond donors (Lipinski definition) is 0. The van der Waals surface area contributed by atoms with Gasteiger partial charge in [0, 0.05) is 5.92 Å². The van der Waals surface area contributed by atoms with Crippen molar-refractivity contribution in [3.63, 3.8) is 0 Å². The first-order chi connectivity index (χ1) is 8.38. The molecule has 1 aliphatic heterocycles. The van der Waals surface area contributed by atoms with Crippen molar-refractivity contribution in [1.29, 1.82) is 0 Å². The van der Waals surface area contributed by atoms with E-state index in [1.165, 1.54) is 32.1 Å². The van der Waals surface area contributed by atoms with Crippen molar-refractivity contribution in [1.82, 2.24) is 0 Å². The van der Waals surface area contributed by atoms with E-state index in [-0.39, 0.29) is 0 Å². The molecule has 0 bridgehead atoms. The highest BCUT2D eigenvalue weighted by atomic mass is 16.5. The lowest BCUT2D eigenvalue weighted by atomic mass is 9.77. The molecule has 1 saturated carbocycles. The van der Waals surface area contributed by atoms with Crippen LogP contribution in [0.4, 0.5) is 0 Å². The van der Waals surface area contributed by atoms with Gasteiger partial charge < -0.3 is 4.74 Å². The molecule has 0 radical (unpaired) electrons. The smallest absolute Gasteiger partial charge is 0.0516 e. The molecule has 2 unspecified atom stereocenters. The van der Waals surface area contributed by atoms with Crippen molar-refractivity contribution in [3.8, 4) is 0 Å². The summed E-state index contributed by atoms with van der Waals surface area (Å²) in [6.07, 6.45) is 6.99. The number of rotatable bonds is 2. The van der Waals surface area contributed by atoms with Crippen LogP contribution in [-0.2, 0) is 16.6 Å². The summed E-state index contributed by atoms with van der Waals surface area (Å²) in [5, 5.41) is 0. The zero-order valence-electron chi connectivity index (χ0n) is 10.3. The van der Waals surface area contributed by atoms with Crippen LogP contribution in [-0.4, -0.2) is 13.2 Å². The molecule has 4 rings (SSSR count). The van der Waals surface area contributed by atoms with E-state index >= 15 is 0 Å². The molecule has 90 valence electrons. The molecule has 2 atom stereocenters. The van der Waals surface area contributed by atoms with Gasteiger partial charge in [-0.05, 0) is 54.6 Å². The van der Waals surface area contributed by atoms with E-state index in [0.717, 1.165) is 25.0 Å². The Bertz CT molecular complexity index is 435. The highest BCUT2D eigenvalue weighted by Crippen LogP contribution is 2.62. The van der Waals surface area contributed by atoms with E-state index in [0.29, 0.717) is 5.41 Å². The Kier molecular flexibility index (Phi) is 2.14. The minimum Gasteiger partial charge on any atom is -0.381 e. The maximum Gasteiger partial charge on any atom is 0.0516 e. The van der Waals surface area contributed by atoms with Crippen molar-refractivity contribution < 1.29 is 4.74 Å². The van der Waals surface area contributed by atoms with Crippen LogP contribution >= 0.6 is 0 Å². The van der Waals surface area contributed by atoms with Gasteiger partial charge in [-0.25, -0.2) is 0 Å². The summed E-state index contributed by atoms with van der Waals surface area (Å²) in [6.45, 7) is 2.04. The standard InChI is InChI=1S/C16H20O/c1-2-6-15-13(4-1)5-3-7-16(15)9-14(16)8-12-10-17-11-12/h1-2,4,6,12,14H,3,5,7-11H2. The van der Waals surface area contributed by atoms with E-state index in [4.69, 9.17) is 4.74 Å². The summed E-state index contributed by atoms with van der Waals surface area (Å²) in [7, 11) is 0. The van der Waals surface area contributed by atoms with Crippen molar-refractivity contribution >= 4 is 0 Å². The molecular weight excluding hydrogens is 208 g/mol. The van der Waals surface area contributed by atoms with Gasteiger partial charge in [-0.1, -0.05) is 24.3 Å². The fourth-order valence-electron chi connectivity index (χ4n) is 4.10. The van der Waals surface area contributed by atoms with Crippen LogP contribution in [0.3, 0.4) is 0 Å². The van der Waals surface area contributed by atoms with Crippen LogP contribution in [0.2, 0.25) is 0 Å². The molecule has 1 saturated heterocycles. The van der Waals surface area contributed by atoms with E-state index in [1.54, 1.807) is 11.1 Å². The Morgan fingerprint density at radius 2 is 2.12 bits per heavy atom. The predicted molar refractivity (Wildman–Crippen MR) is 68.1 cm³/mol. The van der Waals surface area contributed by atoms with Gasteiger partial charge >= 0.3 is 0 Å². The number of benzene rings is 1. The van der Waals surface area contributed by atoms with Gasteiger partial charge in [-0.2, -0.15) is 0 Å². The van der Waals surface area contributed by atoms with Crippen LogP contribution in [0.5, 0.6) is 0 Å². The van der Waals surface area contributed by atoms with Crippen LogP contribution in [0.15, 0.2) is 24.3 Å². The summed E-state index contributed by atoms with van der Waals surface area (Å²) < 4.78 is 5.31. The van der Waals surface area contributed by atoms with Gasteiger partial charge in [0.15, 0.2) is 0 Å². The molecule has 3 aliphatic rings. The number of ether oxygens (including phenoxy) is 1. The highest BCUT2D eigenvalue weighted by Gasteiger charge is 2.56. The Balaban J connectivity index is 1.59. The van der Waals surface area contributed by atoms with Crippen LogP contribution in [0.25, 0.3) is 0 Å². The van der Waals surface area contributed by atoms with Crippen LogP contribution < -0.4 is 0 Å². The van der Waals surface area contributed by atoms with Crippen molar-refractivity contribution in [2.45, 2.75) is 37.5 Å². The normalized spacial score (nSPS) is 35.4. The summed E-state index contributed by atoms with van der Waals surface area (Å²) in [5.74, 6) is 1.83. The molecular formula is C16H20O. The summed E-state index contributed by atoms with van der Waals surface area (Å²) >= 11 is 0. The Morgan fingerprint density at radius 3 is 2.94 bits per heavy atom. The molecule has 1 heteroatoms. The summed E-state index contributed by atoms with van der Waals surface area (Å²) in [4.78, 5) is 0. The van der Waals surface area contributed by atoms with Crippen molar-refractivity contribution in [2.24, 2.45) is 11.8 Å². The Labute approximate surface area is 103 Å². The van der Waals surface area contributed by atoms with Gasteiger partial charge in [-0.3, -0.25) is 0 Å². The maximum atomic E-state index is 5.31. The second-order valence-corrected chi connectivity index (χ2v) is 6.21. The van der Waals surface area contributed by atoms with Gasteiger partial charge in [-0.15, -0.1) is 0 Å². The topological polar surface area (TPSA) is 9.23 Å². The van der Waals surface area contributed by atoms with Crippen LogP contribution in [0.1, 0.15) is 36.8 Å². The third-order valence-electron chi connectivity index (χ3n) is 5.18. The molecule has 0 N–H and O–H groups in total. The minimum atomic E-state index is 0.588. The molecule has 1 nitrogen and oxygen atoms in total. The first kappa shape index (κ1) is 10.1. The van der Waals surface area contributed by atoms with Gasteiger partial charge in [0.05, 0.1) is 13.2 Å². The molecule has 1 spiro atoms. The molecule has 1 aromatic carbocycles. The summed E-state index contributed by atoms with van der Waals surface area (Å²) in [5.41, 5.74) is 3.91. The van der Waals surface area contributed by atoms with E-state index in [1.807, 2.05) is 0 Å². The monoisotopic (exact) mass is 228 g/mol. The third-order valence-corrected chi connectivity index (χ3v) is 5.18. The van der Waals surface area contributed by atoms with Crippen molar-refractivity contribution in [2.75, 3.05) is 13.2 Å². The average molecular weight is 228 g/mol. The molecule has 2 aliphatic carbocycles. The molecule has 2 fully saturated rings. The molecule has 0 aromatic heterocycles. The van der Waals surface area contributed by atoms with Gasteiger partial charge in [0.2, 0.25) is 0 Å². The first-order valence-electron chi connectivity index (χ1n) is 7.05.